The minimum Gasteiger partial charge on any atom is -0.772 e. The molecule has 0 aliphatic heterocycles. The molecular weight excluding hydrogens is 193 g/mol. The van der Waals surface area contributed by atoms with Gasteiger partial charge in [-0.2, -0.15) is 5.26 Å². The van der Waals surface area contributed by atoms with Gasteiger partial charge in [-0.1, -0.05) is 17.1 Å². The summed E-state index contributed by atoms with van der Waals surface area (Å²) >= 11 is -2.31. The Hall–Kier alpha value is -1.25. The number of hydrogen-bond donors (Lipinski definition) is 0. The number of nitrogens with zero attached hydrogens (tertiary/aromatic N) is 1. The van der Waals surface area contributed by atoms with Crippen LogP contribution in [0.5, 0.6) is 0 Å². The molecule has 3 nitrogen and oxygen atoms in total. The van der Waals surface area contributed by atoms with Gasteiger partial charge in [0.05, 0.1) is 11.6 Å². The highest BCUT2D eigenvalue weighted by Gasteiger charge is 2.02. The van der Waals surface area contributed by atoms with E-state index >= 15 is 0 Å². The second-order valence-corrected chi connectivity index (χ2v) is 3.26. The summed E-state index contributed by atoms with van der Waals surface area (Å²) in [5, 5.41) is 8.40. The molecule has 0 aliphatic rings. The summed E-state index contributed by atoms with van der Waals surface area (Å²) in [6.45, 7) is 0. The van der Waals surface area contributed by atoms with E-state index in [-0.39, 0.29) is 16.9 Å². The second kappa shape index (κ2) is 4.12. The predicted octanol–water partition coefficient (Wildman–Crippen LogP) is 1.08. The van der Waals surface area contributed by atoms with Gasteiger partial charge in [-0.15, -0.1) is 0 Å². The van der Waals surface area contributed by atoms with E-state index in [9.17, 15) is 13.2 Å². The van der Waals surface area contributed by atoms with Crippen LogP contribution in [-0.2, 0) is 16.8 Å². The minimum absolute atomic E-state index is 0.0762. The van der Waals surface area contributed by atoms with Crippen molar-refractivity contribution in [2.75, 3.05) is 0 Å². The lowest BCUT2D eigenvalue weighted by Crippen LogP contribution is -1.97. The molecule has 0 fully saturated rings. The molecule has 1 aromatic rings. The van der Waals surface area contributed by atoms with Gasteiger partial charge in [0.15, 0.2) is 0 Å². The predicted molar refractivity (Wildman–Crippen MR) is 43.7 cm³/mol. The van der Waals surface area contributed by atoms with Crippen molar-refractivity contribution in [1.82, 2.24) is 0 Å². The first-order chi connectivity index (χ1) is 6.13. The Bertz CT molecular complexity index is 386. The molecule has 0 radical (unpaired) electrons. The summed E-state index contributed by atoms with van der Waals surface area (Å²) in [6.07, 6.45) is 0. The number of hydrogen-bond acceptors (Lipinski definition) is 3. The maximum atomic E-state index is 13.0. The van der Waals surface area contributed by atoms with Crippen molar-refractivity contribution in [2.45, 2.75) is 5.75 Å². The first-order valence-corrected chi connectivity index (χ1v) is 4.62. The van der Waals surface area contributed by atoms with Crippen molar-refractivity contribution in [2.24, 2.45) is 0 Å². The van der Waals surface area contributed by atoms with Crippen molar-refractivity contribution < 1.29 is 13.2 Å². The molecule has 0 aromatic heterocycles. The summed E-state index contributed by atoms with van der Waals surface area (Å²) in [5.74, 6) is -1.03. The fraction of sp³-hybridized carbons (Fsp3) is 0.125. The summed E-state index contributed by atoms with van der Waals surface area (Å²) < 4.78 is 33.5. The molecule has 0 heterocycles. The Kier molecular flexibility index (Phi) is 3.12. The van der Waals surface area contributed by atoms with E-state index in [1.165, 1.54) is 12.1 Å². The van der Waals surface area contributed by atoms with Crippen molar-refractivity contribution >= 4 is 11.1 Å². The Balaban J connectivity index is 3.00. The van der Waals surface area contributed by atoms with Crippen molar-refractivity contribution in [1.29, 1.82) is 5.26 Å². The van der Waals surface area contributed by atoms with E-state index in [0.717, 1.165) is 6.07 Å². The first-order valence-electron chi connectivity index (χ1n) is 3.38. The van der Waals surface area contributed by atoms with Crippen LogP contribution in [0, 0.1) is 17.1 Å². The lowest BCUT2D eigenvalue weighted by Gasteiger charge is -2.05. The molecule has 1 rings (SSSR count). The topological polar surface area (TPSA) is 63.9 Å². The number of benzene rings is 1. The highest BCUT2D eigenvalue weighted by Crippen LogP contribution is 2.11. The van der Waals surface area contributed by atoms with E-state index in [4.69, 9.17) is 5.26 Å². The fourth-order valence-electron chi connectivity index (χ4n) is 0.861. The first kappa shape index (κ1) is 9.84. The molecule has 5 heteroatoms. The van der Waals surface area contributed by atoms with Crippen LogP contribution >= 0.6 is 0 Å². The molecule has 0 bridgehead atoms. The van der Waals surface area contributed by atoms with Gasteiger partial charge in [0.1, 0.15) is 5.82 Å². The molecule has 68 valence electrons. The van der Waals surface area contributed by atoms with Crippen LogP contribution in [0.3, 0.4) is 0 Å². The number of rotatable bonds is 2. The minimum atomic E-state index is -2.31. The summed E-state index contributed by atoms with van der Waals surface area (Å²) in [7, 11) is 0. The SMILES string of the molecule is N#Cc1ccc(CS(=O)[O-])c(F)c1. The molecule has 0 aliphatic carbocycles. The number of halogens is 1. The van der Waals surface area contributed by atoms with Gasteiger partial charge >= 0.3 is 0 Å². The van der Waals surface area contributed by atoms with Gasteiger partial charge in [-0.25, -0.2) is 4.39 Å². The normalized spacial score (nSPS) is 12.1. The van der Waals surface area contributed by atoms with Crippen LogP contribution in [0.4, 0.5) is 4.39 Å². The monoisotopic (exact) mass is 198 g/mol. The molecule has 0 spiro atoms. The van der Waals surface area contributed by atoms with E-state index < -0.39 is 16.9 Å². The zero-order valence-electron chi connectivity index (χ0n) is 6.49. The smallest absolute Gasteiger partial charge is 0.128 e. The average Bonchev–Trinajstić information content (AvgIpc) is 2.08. The molecule has 0 amide bonds. The zero-order chi connectivity index (χ0) is 9.84. The van der Waals surface area contributed by atoms with Gasteiger partial charge in [0.2, 0.25) is 0 Å². The van der Waals surface area contributed by atoms with Gasteiger partial charge in [0, 0.05) is 5.75 Å². The highest BCUT2D eigenvalue weighted by molar-refractivity contribution is 7.78. The second-order valence-electron chi connectivity index (χ2n) is 2.37. The third-order valence-electron chi connectivity index (χ3n) is 1.46. The summed E-state index contributed by atoms with van der Waals surface area (Å²) in [5.41, 5.74) is 0.255. The van der Waals surface area contributed by atoms with E-state index in [0.29, 0.717) is 0 Å². The van der Waals surface area contributed by atoms with Gasteiger partial charge in [-0.05, 0) is 17.7 Å². The van der Waals surface area contributed by atoms with E-state index in [1.807, 2.05) is 0 Å². The lowest BCUT2D eigenvalue weighted by atomic mass is 10.1. The Morgan fingerprint density at radius 3 is 2.77 bits per heavy atom. The van der Waals surface area contributed by atoms with Crippen LogP contribution in [0.1, 0.15) is 11.1 Å². The largest absolute Gasteiger partial charge is 0.772 e. The summed E-state index contributed by atoms with van der Waals surface area (Å²) in [4.78, 5) is 0. The van der Waals surface area contributed by atoms with Crippen LogP contribution in [0.15, 0.2) is 18.2 Å². The Morgan fingerprint density at radius 2 is 2.31 bits per heavy atom. The van der Waals surface area contributed by atoms with Crippen LogP contribution < -0.4 is 0 Å². The molecule has 1 unspecified atom stereocenters. The zero-order valence-corrected chi connectivity index (χ0v) is 7.31. The van der Waals surface area contributed by atoms with Crippen LogP contribution in [0.2, 0.25) is 0 Å². The van der Waals surface area contributed by atoms with Gasteiger partial charge < -0.3 is 4.55 Å². The maximum absolute atomic E-state index is 13.0. The quantitative estimate of drug-likeness (QED) is 0.668. The molecule has 1 aromatic carbocycles. The highest BCUT2D eigenvalue weighted by atomic mass is 32.2. The third-order valence-corrected chi connectivity index (χ3v) is 2.00. The average molecular weight is 198 g/mol. The van der Waals surface area contributed by atoms with E-state index in [1.54, 1.807) is 6.07 Å². The van der Waals surface area contributed by atoms with Gasteiger partial charge in [0.25, 0.3) is 0 Å². The summed E-state index contributed by atoms with van der Waals surface area (Å²) in [6, 6.07) is 5.45. The van der Waals surface area contributed by atoms with Gasteiger partial charge in [-0.3, -0.25) is 4.21 Å². The molecule has 1 atom stereocenters. The van der Waals surface area contributed by atoms with Crippen molar-refractivity contribution in [3.63, 3.8) is 0 Å². The molecule has 0 N–H and O–H groups in total. The number of nitriles is 1. The Labute approximate surface area is 77.1 Å². The standard InChI is InChI=1S/C8H6FNO2S/c9-8-3-6(4-10)1-2-7(8)5-13(11)12/h1-3H,5H2,(H,11,12)/p-1. The molecule has 13 heavy (non-hydrogen) atoms. The molecule has 0 saturated carbocycles. The van der Waals surface area contributed by atoms with Crippen LogP contribution in [-0.4, -0.2) is 8.76 Å². The third kappa shape index (κ3) is 2.61. The van der Waals surface area contributed by atoms with E-state index in [2.05, 4.69) is 0 Å². The van der Waals surface area contributed by atoms with Crippen molar-refractivity contribution in [3.8, 4) is 6.07 Å². The molecular formula is C8H5FNO2S-. The fourth-order valence-corrected chi connectivity index (χ4v) is 1.35. The van der Waals surface area contributed by atoms with Crippen molar-refractivity contribution in [3.05, 3.63) is 35.1 Å². The maximum Gasteiger partial charge on any atom is 0.128 e. The van der Waals surface area contributed by atoms with Crippen LogP contribution in [0.25, 0.3) is 0 Å². The Morgan fingerprint density at radius 1 is 1.62 bits per heavy atom. The lowest BCUT2D eigenvalue weighted by molar-refractivity contribution is 0.533. The molecule has 0 saturated heterocycles.